The predicted octanol–water partition coefficient (Wildman–Crippen LogP) is 2.35. The van der Waals surface area contributed by atoms with E-state index in [4.69, 9.17) is 4.52 Å². The standard InChI is InChI=1S/C10H12N2O/c1-8(10-4-6-13-12-10)7-9-3-2-5-11-9/h2-6,8,11H,7H2,1H3. The lowest BCUT2D eigenvalue weighted by Gasteiger charge is -2.04. The maximum absolute atomic E-state index is 4.79. The van der Waals surface area contributed by atoms with Gasteiger partial charge in [0.05, 0.1) is 5.69 Å². The predicted molar refractivity (Wildman–Crippen MR) is 49.4 cm³/mol. The van der Waals surface area contributed by atoms with Crippen LogP contribution < -0.4 is 0 Å². The van der Waals surface area contributed by atoms with Gasteiger partial charge in [0.25, 0.3) is 0 Å². The number of hydrogen-bond acceptors (Lipinski definition) is 2. The van der Waals surface area contributed by atoms with Gasteiger partial charge in [-0.1, -0.05) is 12.1 Å². The first kappa shape index (κ1) is 8.10. The van der Waals surface area contributed by atoms with E-state index < -0.39 is 0 Å². The molecule has 0 fully saturated rings. The maximum Gasteiger partial charge on any atom is 0.124 e. The van der Waals surface area contributed by atoms with E-state index in [1.807, 2.05) is 18.3 Å². The molecule has 1 N–H and O–H groups in total. The molecular weight excluding hydrogens is 164 g/mol. The van der Waals surface area contributed by atoms with Crippen LogP contribution in [-0.4, -0.2) is 10.1 Å². The highest BCUT2D eigenvalue weighted by Crippen LogP contribution is 2.17. The van der Waals surface area contributed by atoms with Gasteiger partial charge in [-0.25, -0.2) is 0 Å². The summed E-state index contributed by atoms with van der Waals surface area (Å²) in [6.45, 7) is 2.14. The van der Waals surface area contributed by atoms with Crippen molar-refractivity contribution in [1.82, 2.24) is 10.1 Å². The van der Waals surface area contributed by atoms with Crippen LogP contribution in [0, 0.1) is 0 Å². The van der Waals surface area contributed by atoms with Crippen molar-refractivity contribution in [3.05, 3.63) is 42.0 Å². The lowest BCUT2D eigenvalue weighted by Crippen LogP contribution is -1.98. The Morgan fingerprint density at radius 2 is 2.46 bits per heavy atom. The van der Waals surface area contributed by atoms with E-state index in [0.717, 1.165) is 12.1 Å². The Morgan fingerprint density at radius 1 is 1.54 bits per heavy atom. The van der Waals surface area contributed by atoms with Crippen LogP contribution in [0.5, 0.6) is 0 Å². The van der Waals surface area contributed by atoms with Crippen LogP contribution >= 0.6 is 0 Å². The van der Waals surface area contributed by atoms with Crippen molar-refractivity contribution in [2.24, 2.45) is 0 Å². The van der Waals surface area contributed by atoms with Gasteiger partial charge in [0.1, 0.15) is 6.26 Å². The minimum absolute atomic E-state index is 0.400. The van der Waals surface area contributed by atoms with Crippen LogP contribution in [0.25, 0.3) is 0 Å². The molecule has 0 saturated carbocycles. The fourth-order valence-corrected chi connectivity index (χ4v) is 1.41. The van der Waals surface area contributed by atoms with E-state index >= 15 is 0 Å². The molecule has 3 nitrogen and oxygen atoms in total. The summed E-state index contributed by atoms with van der Waals surface area (Å²) in [7, 11) is 0. The molecular formula is C10H12N2O. The molecule has 2 aromatic rings. The van der Waals surface area contributed by atoms with Crippen molar-refractivity contribution in [1.29, 1.82) is 0 Å². The summed E-state index contributed by atoms with van der Waals surface area (Å²) in [5.41, 5.74) is 2.24. The minimum Gasteiger partial charge on any atom is -0.365 e. The molecule has 0 aliphatic carbocycles. The number of nitrogens with zero attached hydrogens (tertiary/aromatic N) is 1. The summed E-state index contributed by atoms with van der Waals surface area (Å²) in [5, 5.41) is 3.91. The highest BCUT2D eigenvalue weighted by Gasteiger charge is 2.09. The van der Waals surface area contributed by atoms with Gasteiger partial charge in [0.15, 0.2) is 0 Å². The van der Waals surface area contributed by atoms with E-state index in [0.29, 0.717) is 5.92 Å². The molecule has 68 valence electrons. The highest BCUT2D eigenvalue weighted by molar-refractivity contribution is 5.11. The Morgan fingerprint density at radius 3 is 3.08 bits per heavy atom. The van der Waals surface area contributed by atoms with Crippen LogP contribution in [0.4, 0.5) is 0 Å². The molecule has 2 rings (SSSR count). The van der Waals surface area contributed by atoms with Crippen LogP contribution in [0.2, 0.25) is 0 Å². The van der Waals surface area contributed by atoms with Gasteiger partial charge in [-0.2, -0.15) is 0 Å². The van der Waals surface area contributed by atoms with Crippen LogP contribution in [0.15, 0.2) is 35.2 Å². The first-order valence-electron chi connectivity index (χ1n) is 4.39. The molecule has 1 atom stereocenters. The summed E-state index contributed by atoms with van der Waals surface area (Å²) >= 11 is 0. The molecule has 0 saturated heterocycles. The number of rotatable bonds is 3. The second-order valence-corrected chi connectivity index (χ2v) is 3.22. The third kappa shape index (κ3) is 1.80. The highest BCUT2D eigenvalue weighted by atomic mass is 16.5. The lowest BCUT2D eigenvalue weighted by molar-refractivity contribution is 0.406. The Hall–Kier alpha value is -1.51. The van der Waals surface area contributed by atoms with Crippen molar-refractivity contribution >= 4 is 0 Å². The Balaban J connectivity index is 2.04. The van der Waals surface area contributed by atoms with Gasteiger partial charge in [-0.05, 0) is 18.6 Å². The lowest BCUT2D eigenvalue weighted by atomic mass is 10.0. The minimum atomic E-state index is 0.400. The third-order valence-corrected chi connectivity index (χ3v) is 2.15. The fourth-order valence-electron chi connectivity index (χ4n) is 1.41. The summed E-state index contributed by atoms with van der Waals surface area (Å²) in [5.74, 6) is 0.400. The molecule has 0 radical (unpaired) electrons. The van der Waals surface area contributed by atoms with Crippen LogP contribution in [0.1, 0.15) is 24.2 Å². The molecule has 0 bridgehead atoms. The average Bonchev–Trinajstić information content (AvgIpc) is 2.74. The van der Waals surface area contributed by atoms with Gasteiger partial charge >= 0.3 is 0 Å². The number of aromatic nitrogens is 2. The zero-order valence-electron chi connectivity index (χ0n) is 7.53. The number of hydrogen-bond donors (Lipinski definition) is 1. The Bertz CT molecular complexity index is 337. The van der Waals surface area contributed by atoms with Crippen molar-refractivity contribution in [2.45, 2.75) is 19.3 Å². The molecule has 3 heteroatoms. The molecule has 0 aliphatic heterocycles. The Labute approximate surface area is 76.8 Å². The third-order valence-electron chi connectivity index (χ3n) is 2.15. The van der Waals surface area contributed by atoms with Crippen molar-refractivity contribution in [2.75, 3.05) is 0 Å². The summed E-state index contributed by atoms with van der Waals surface area (Å²) in [4.78, 5) is 3.17. The zero-order valence-corrected chi connectivity index (χ0v) is 7.53. The van der Waals surface area contributed by atoms with Crippen molar-refractivity contribution in [3.8, 4) is 0 Å². The van der Waals surface area contributed by atoms with Gasteiger partial charge in [-0.15, -0.1) is 0 Å². The summed E-state index contributed by atoms with van der Waals surface area (Å²) in [6, 6.07) is 6.00. The largest absolute Gasteiger partial charge is 0.365 e. The van der Waals surface area contributed by atoms with Crippen molar-refractivity contribution in [3.63, 3.8) is 0 Å². The van der Waals surface area contributed by atoms with E-state index in [9.17, 15) is 0 Å². The first-order chi connectivity index (χ1) is 6.36. The molecule has 2 heterocycles. The summed E-state index contributed by atoms with van der Waals surface area (Å²) < 4.78 is 4.79. The fraction of sp³-hybridized carbons (Fsp3) is 0.300. The van der Waals surface area contributed by atoms with Gasteiger partial charge < -0.3 is 9.51 Å². The van der Waals surface area contributed by atoms with Gasteiger partial charge in [-0.3, -0.25) is 0 Å². The normalized spacial score (nSPS) is 13.0. The molecule has 0 amide bonds. The molecule has 0 aliphatic rings. The second kappa shape index (κ2) is 3.47. The van der Waals surface area contributed by atoms with E-state index in [2.05, 4.69) is 23.1 Å². The quantitative estimate of drug-likeness (QED) is 0.779. The molecule has 2 aromatic heterocycles. The van der Waals surface area contributed by atoms with Gasteiger partial charge in [0, 0.05) is 23.9 Å². The van der Waals surface area contributed by atoms with Crippen LogP contribution in [-0.2, 0) is 6.42 Å². The second-order valence-electron chi connectivity index (χ2n) is 3.22. The topological polar surface area (TPSA) is 41.8 Å². The number of nitrogens with one attached hydrogen (secondary N) is 1. The molecule has 0 spiro atoms. The molecule has 1 unspecified atom stereocenters. The van der Waals surface area contributed by atoms with Crippen LogP contribution in [0.3, 0.4) is 0 Å². The molecule has 13 heavy (non-hydrogen) atoms. The van der Waals surface area contributed by atoms with E-state index in [-0.39, 0.29) is 0 Å². The Kier molecular flexibility index (Phi) is 2.17. The first-order valence-corrected chi connectivity index (χ1v) is 4.39. The smallest absolute Gasteiger partial charge is 0.124 e. The SMILES string of the molecule is CC(Cc1ccc[nH]1)c1ccon1. The molecule has 0 aromatic carbocycles. The van der Waals surface area contributed by atoms with E-state index in [1.165, 1.54) is 5.69 Å². The van der Waals surface area contributed by atoms with Gasteiger partial charge in [0.2, 0.25) is 0 Å². The van der Waals surface area contributed by atoms with E-state index in [1.54, 1.807) is 6.26 Å². The zero-order chi connectivity index (χ0) is 9.10. The average molecular weight is 176 g/mol. The number of aromatic amines is 1. The monoisotopic (exact) mass is 176 g/mol. The number of H-pyrrole nitrogens is 1. The maximum atomic E-state index is 4.79. The summed E-state index contributed by atoms with van der Waals surface area (Å²) in [6.07, 6.45) is 4.52. The van der Waals surface area contributed by atoms with Crippen molar-refractivity contribution < 1.29 is 4.52 Å².